The van der Waals surface area contributed by atoms with E-state index in [1.165, 1.54) is 50.1 Å². The summed E-state index contributed by atoms with van der Waals surface area (Å²) in [7, 11) is 0. The number of hydrogen-bond donors (Lipinski definition) is 1. The summed E-state index contributed by atoms with van der Waals surface area (Å²) in [5.74, 6) is 0. The molecule has 1 aliphatic rings. The van der Waals surface area contributed by atoms with Gasteiger partial charge in [0.1, 0.15) is 0 Å². The molecule has 0 saturated carbocycles. The predicted octanol–water partition coefficient (Wildman–Crippen LogP) is 7.10. The van der Waals surface area contributed by atoms with Crippen molar-refractivity contribution in [2.24, 2.45) is 0 Å². The van der Waals surface area contributed by atoms with E-state index >= 15 is 0 Å². The topological polar surface area (TPSA) is 49.7 Å². The summed E-state index contributed by atoms with van der Waals surface area (Å²) in [4.78, 5) is 10.6. The van der Waals surface area contributed by atoms with Crippen LogP contribution in [0.15, 0.2) is 67.0 Å². The highest BCUT2D eigenvalue weighted by atomic mass is 15.3. The number of fused-ring (bicyclic) bond motifs is 2. The molecule has 188 valence electrons. The summed E-state index contributed by atoms with van der Waals surface area (Å²) in [6, 6.07) is 19.6. The summed E-state index contributed by atoms with van der Waals surface area (Å²) >= 11 is 0. The lowest BCUT2D eigenvalue weighted by atomic mass is 9.96. The molecule has 1 aliphatic heterocycles. The summed E-state index contributed by atoms with van der Waals surface area (Å²) in [5, 5.41) is 6.70. The first-order valence-corrected chi connectivity index (χ1v) is 13.4. The van der Waals surface area contributed by atoms with Gasteiger partial charge in [-0.15, -0.1) is 0 Å². The van der Waals surface area contributed by atoms with Crippen molar-refractivity contribution >= 4 is 10.9 Å². The molecule has 0 spiro atoms. The SMILES string of the molecule is CCc1cccc(CC)c1-n1nc2c(c1-c1ccc(C)c3[nH]ccc13)CN(Cc1ccccn1)C2(C)C. The van der Waals surface area contributed by atoms with Crippen LogP contribution in [-0.2, 0) is 31.5 Å². The van der Waals surface area contributed by atoms with E-state index < -0.39 is 0 Å². The van der Waals surface area contributed by atoms with Crippen molar-refractivity contribution in [2.45, 2.75) is 66.1 Å². The minimum absolute atomic E-state index is 0.220. The average molecular weight is 490 g/mol. The molecule has 0 saturated heterocycles. The Bertz CT molecular complexity index is 1570. The third kappa shape index (κ3) is 3.72. The van der Waals surface area contributed by atoms with Gasteiger partial charge in [-0.05, 0) is 68.5 Å². The molecule has 0 unspecified atom stereocenters. The van der Waals surface area contributed by atoms with E-state index in [0.717, 1.165) is 37.3 Å². The van der Waals surface area contributed by atoms with Gasteiger partial charge in [0, 0.05) is 47.5 Å². The highest BCUT2D eigenvalue weighted by Gasteiger charge is 2.43. The number of nitrogens with one attached hydrogen (secondary N) is 1. The first-order chi connectivity index (χ1) is 17.9. The van der Waals surface area contributed by atoms with E-state index in [4.69, 9.17) is 5.10 Å². The van der Waals surface area contributed by atoms with E-state index in [9.17, 15) is 0 Å². The Morgan fingerprint density at radius 3 is 2.43 bits per heavy atom. The van der Waals surface area contributed by atoms with E-state index in [1.807, 2.05) is 12.3 Å². The second kappa shape index (κ2) is 9.00. The number of aryl methyl sites for hydroxylation is 3. The van der Waals surface area contributed by atoms with E-state index in [-0.39, 0.29) is 5.54 Å². The Hall–Kier alpha value is -3.70. The first-order valence-electron chi connectivity index (χ1n) is 13.4. The van der Waals surface area contributed by atoms with Gasteiger partial charge in [0.2, 0.25) is 0 Å². The summed E-state index contributed by atoms with van der Waals surface area (Å²) < 4.78 is 2.28. The van der Waals surface area contributed by atoms with Crippen LogP contribution in [0.2, 0.25) is 0 Å². The monoisotopic (exact) mass is 489 g/mol. The fraction of sp³-hybridized carbons (Fsp3) is 0.312. The Morgan fingerprint density at radius 1 is 0.946 bits per heavy atom. The van der Waals surface area contributed by atoms with Crippen molar-refractivity contribution in [1.82, 2.24) is 24.6 Å². The summed E-state index contributed by atoms with van der Waals surface area (Å²) in [6.45, 7) is 12.9. The number of rotatable bonds is 6. The summed E-state index contributed by atoms with van der Waals surface area (Å²) in [5.41, 5.74) is 12.2. The van der Waals surface area contributed by atoms with Gasteiger partial charge >= 0.3 is 0 Å². The number of benzene rings is 2. The van der Waals surface area contributed by atoms with E-state index in [2.05, 4.69) is 109 Å². The zero-order valence-corrected chi connectivity index (χ0v) is 22.5. The van der Waals surface area contributed by atoms with Crippen molar-refractivity contribution in [3.05, 3.63) is 101 Å². The molecule has 6 rings (SSSR count). The van der Waals surface area contributed by atoms with Crippen LogP contribution in [0, 0.1) is 6.92 Å². The van der Waals surface area contributed by atoms with Crippen molar-refractivity contribution in [3.8, 4) is 16.9 Å². The molecule has 5 heteroatoms. The smallest absolute Gasteiger partial charge is 0.0878 e. The Balaban J connectivity index is 1.61. The van der Waals surface area contributed by atoms with Crippen LogP contribution < -0.4 is 0 Å². The number of hydrogen-bond acceptors (Lipinski definition) is 3. The number of aromatic nitrogens is 4. The van der Waals surface area contributed by atoms with E-state index in [0.29, 0.717) is 0 Å². The van der Waals surface area contributed by atoms with Gasteiger partial charge in [-0.1, -0.05) is 50.2 Å². The number of aromatic amines is 1. The molecule has 37 heavy (non-hydrogen) atoms. The molecule has 0 bridgehead atoms. The van der Waals surface area contributed by atoms with Crippen molar-refractivity contribution in [2.75, 3.05) is 0 Å². The predicted molar refractivity (Wildman–Crippen MR) is 151 cm³/mol. The lowest BCUT2D eigenvalue weighted by Gasteiger charge is -2.31. The van der Waals surface area contributed by atoms with Crippen LogP contribution >= 0.6 is 0 Å². The minimum atomic E-state index is -0.220. The summed E-state index contributed by atoms with van der Waals surface area (Å²) in [6.07, 6.45) is 5.87. The molecule has 4 heterocycles. The number of pyridine rings is 1. The van der Waals surface area contributed by atoms with Crippen molar-refractivity contribution in [3.63, 3.8) is 0 Å². The van der Waals surface area contributed by atoms with Gasteiger partial charge < -0.3 is 4.98 Å². The van der Waals surface area contributed by atoms with Crippen LogP contribution in [0.5, 0.6) is 0 Å². The third-order valence-corrected chi connectivity index (χ3v) is 8.14. The molecular formula is C32H35N5. The van der Waals surface area contributed by atoms with Gasteiger partial charge in [-0.2, -0.15) is 5.10 Å². The second-order valence-corrected chi connectivity index (χ2v) is 10.7. The Kier molecular flexibility index (Phi) is 5.76. The maximum atomic E-state index is 5.46. The first kappa shape index (κ1) is 23.7. The lowest BCUT2D eigenvalue weighted by molar-refractivity contribution is 0.121. The molecule has 0 atom stereocenters. The van der Waals surface area contributed by atoms with E-state index in [1.54, 1.807) is 0 Å². The van der Waals surface area contributed by atoms with Crippen LogP contribution in [0.4, 0.5) is 0 Å². The van der Waals surface area contributed by atoms with Crippen LogP contribution in [0.25, 0.3) is 27.8 Å². The molecular weight excluding hydrogens is 454 g/mol. The zero-order chi connectivity index (χ0) is 25.7. The normalized spacial score (nSPS) is 14.9. The molecule has 0 radical (unpaired) electrons. The minimum Gasteiger partial charge on any atom is -0.361 e. The molecule has 5 aromatic rings. The number of para-hydroxylation sites is 1. The molecule has 0 fully saturated rings. The Labute approximate surface area is 219 Å². The molecule has 0 amide bonds. The van der Waals surface area contributed by atoms with Gasteiger partial charge in [0.05, 0.1) is 28.3 Å². The van der Waals surface area contributed by atoms with Gasteiger partial charge in [-0.3, -0.25) is 9.88 Å². The van der Waals surface area contributed by atoms with Crippen molar-refractivity contribution < 1.29 is 0 Å². The van der Waals surface area contributed by atoms with Gasteiger partial charge in [-0.25, -0.2) is 4.68 Å². The van der Waals surface area contributed by atoms with Crippen LogP contribution in [0.3, 0.4) is 0 Å². The number of nitrogens with zero attached hydrogens (tertiary/aromatic N) is 4. The standard InChI is InChI=1S/C32H35N5/c1-6-22-11-10-12-23(7-2)29(22)37-30(26-15-14-21(3)28-25(26)16-18-34-28)27-20-36(32(4,5)31(27)35-37)19-24-13-8-9-17-33-24/h8-18,34H,6-7,19-20H2,1-5H3. The van der Waals surface area contributed by atoms with Crippen LogP contribution in [0.1, 0.15) is 61.3 Å². The molecule has 2 aromatic carbocycles. The highest BCUT2D eigenvalue weighted by Crippen LogP contribution is 2.46. The van der Waals surface area contributed by atoms with Gasteiger partial charge in [0.25, 0.3) is 0 Å². The van der Waals surface area contributed by atoms with Crippen LogP contribution in [-0.4, -0.2) is 24.6 Å². The highest BCUT2D eigenvalue weighted by molar-refractivity contribution is 5.97. The third-order valence-electron chi connectivity index (χ3n) is 8.14. The maximum Gasteiger partial charge on any atom is 0.0878 e. The zero-order valence-electron chi connectivity index (χ0n) is 22.5. The maximum absolute atomic E-state index is 5.46. The lowest BCUT2D eigenvalue weighted by Crippen LogP contribution is -2.36. The Morgan fingerprint density at radius 2 is 1.73 bits per heavy atom. The molecule has 0 aliphatic carbocycles. The fourth-order valence-electron chi connectivity index (χ4n) is 6.00. The second-order valence-electron chi connectivity index (χ2n) is 10.7. The molecule has 5 nitrogen and oxygen atoms in total. The van der Waals surface area contributed by atoms with Crippen molar-refractivity contribution in [1.29, 1.82) is 0 Å². The molecule has 3 aromatic heterocycles. The fourth-order valence-corrected chi connectivity index (χ4v) is 6.00. The quantitative estimate of drug-likeness (QED) is 0.277. The van der Waals surface area contributed by atoms with Gasteiger partial charge in [0.15, 0.2) is 0 Å². The largest absolute Gasteiger partial charge is 0.361 e. The number of H-pyrrole nitrogens is 1. The molecule has 1 N–H and O–H groups in total. The average Bonchev–Trinajstić information content (AvgIpc) is 3.60.